The van der Waals surface area contributed by atoms with Crippen LogP contribution in [0.15, 0.2) is 42.0 Å². The van der Waals surface area contributed by atoms with E-state index in [1.165, 1.54) is 17.4 Å². The number of hydrogen-bond acceptors (Lipinski definition) is 8. The molecule has 0 atom stereocenters. The van der Waals surface area contributed by atoms with Crippen LogP contribution in [0.3, 0.4) is 0 Å². The number of amides is 1. The summed E-state index contributed by atoms with van der Waals surface area (Å²) in [4.78, 5) is 12.5. The number of hydrogen-bond donors (Lipinski definition) is 1. The monoisotopic (exact) mass is 518 g/mol. The van der Waals surface area contributed by atoms with Crippen LogP contribution in [0.2, 0.25) is 10.0 Å². The molecule has 0 saturated carbocycles. The van der Waals surface area contributed by atoms with Crippen molar-refractivity contribution in [2.24, 2.45) is 0 Å². The molecule has 0 saturated heterocycles. The Morgan fingerprint density at radius 2 is 1.88 bits per heavy atom. The number of aromatic nitrogens is 2. The van der Waals surface area contributed by atoms with Gasteiger partial charge in [-0.3, -0.25) is 10.1 Å². The lowest BCUT2D eigenvalue weighted by Crippen LogP contribution is -2.13. The maximum absolute atomic E-state index is 12.5. The van der Waals surface area contributed by atoms with Gasteiger partial charge in [0.15, 0.2) is 11.5 Å². The normalized spacial score (nSPS) is 11.0. The molecule has 3 aromatic rings. The van der Waals surface area contributed by atoms with Crippen molar-refractivity contribution in [3.05, 3.63) is 62.6 Å². The Kier molecular flexibility index (Phi) is 9.10. The van der Waals surface area contributed by atoms with E-state index in [0.29, 0.717) is 44.6 Å². The van der Waals surface area contributed by atoms with E-state index in [0.717, 1.165) is 0 Å². The van der Waals surface area contributed by atoms with Crippen molar-refractivity contribution in [2.75, 3.05) is 25.1 Å². The van der Waals surface area contributed by atoms with Gasteiger partial charge in [-0.05, 0) is 49.8 Å². The first-order valence-corrected chi connectivity index (χ1v) is 11.7. The molecule has 34 heavy (non-hydrogen) atoms. The van der Waals surface area contributed by atoms with E-state index in [-0.39, 0.29) is 23.8 Å². The van der Waals surface area contributed by atoms with E-state index in [4.69, 9.17) is 37.4 Å². The Balaban J connectivity index is 1.73. The summed E-state index contributed by atoms with van der Waals surface area (Å²) >= 11 is 13.7. The fraction of sp³-hybridized carbons (Fsp3) is 0.217. The second-order valence-electron chi connectivity index (χ2n) is 6.64. The van der Waals surface area contributed by atoms with Gasteiger partial charge in [-0.2, -0.15) is 5.26 Å². The minimum Gasteiger partial charge on any atom is -0.490 e. The van der Waals surface area contributed by atoms with Crippen molar-refractivity contribution >= 4 is 51.7 Å². The molecule has 0 unspecified atom stereocenters. The van der Waals surface area contributed by atoms with Crippen LogP contribution < -0.4 is 19.5 Å². The molecule has 0 aliphatic heterocycles. The molecule has 0 aliphatic rings. The third kappa shape index (κ3) is 6.84. The lowest BCUT2D eigenvalue weighted by Gasteiger charge is -2.15. The average Bonchev–Trinajstić information content (AvgIpc) is 3.22. The van der Waals surface area contributed by atoms with Crippen LogP contribution in [0.1, 0.15) is 17.5 Å². The van der Waals surface area contributed by atoms with Gasteiger partial charge in [0, 0.05) is 0 Å². The van der Waals surface area contributed by atoms with Gasteiger partial charge >= 0.3 is 0 Å². The van der Waals surface area contributed by atoms with Gasteiger partial charge in [-0.1, -0.05) is 46.7 Å². The van der Waals surface area contributed by atoms with E-state index in [2.05, 4.69) is 15.5 Å². The summed E-state index contributed by atoms with van der Waals surface area (Å²) in [7, 11) is 0. The quantitative estimate of drug-likeness (QED) is 0.213. The predicted molar refractivity (Wildman–Crippen MR) is 132 cm³/mol. The van der Waals surface area contributed by atoms with Gasteiger partial charge in [0.25, 0.3) is 5.91 Å². The predicted octanol–water partition coefficient (Wildman–Crippen LogP) is 5.56. The Bertz CT molecular complexity index is 1240. The Hall–Kier alpha value is -3.32. The summed E-state index contributed by atoms with van der Waals surface area (Å²) in [6.07, 6.45) is 1.40. The summed E-state index contributed by atoms with van der Waals surface area (Å²) < 4.78 is 17.1. The number of halogens is 2. The van der Waals surface area contributed by atoms with Gasteiger partial charge < -0.3 is 14.2 Å². The topological polar surface area (TPSA) is 106 Å². The number of carbonyl (C=O) groups is 1. The molecule has 1 amide bonds. The van der Waals surface area contributed by atoms with Gasteiger partial charge in [-0.25, -0.2) is 0 Å². The van der Waals surface area contributed by atoms with Gasteiger partial charge in [-0.15, -0.1) is 10.2 Å². The lowest BCUT2D eigenvalue weighted by molar-refractivity contribution is -0.112. The van der Waals surface area contributed by atoms with Crippen LogP contribution in [-0.4, -0.2) is 35.9 Å². The highest BCUT2D eigenvalue weighted by molar-refractivity contribution is 7.15. The van der Waals surface area contributed by atoms with Crippen molar-refractivity contribution in [1.29, 1.82) is 5.26 Å². The number of anilines is 1. The van der Waals surface area contributed by atoms with Crippen molar-refractivity contribution in [3.63, 3.8) is 0 Å². The number of nitrogens with zero attached hydrogens (tertiary/aromatic N) is 3. The molecule has 3 rings (SSSR count). The zero-order valence-electron chi connectivity index (χ0n) is 18.3. The number of carbonyl (C=O) groups excluding carboxylic acids is 1. The number of benzene rings is 2. The van der Waals surface area contributed by atoms with Gasteiger partial charge in [0.2, 0.25) is 5.13 Å². The molecule has 11 heteroatoms. The smallest absolute Gasteiger partial charge is 0.268 e. The molecule has 0 radical (unpaired) electrons. The van der Waals surface area contributed by atoms with Crippen LogP contribution in [-0.2, 0) is 4.79 Å². The molecular formula is C23H20Cl2N4O4S. The minimum atomic E-state index is -0.607. The number of rotatable bonds is 10. The molecule has 0 spiro atoms. The largest absolute Gasteiger partial charge is 0.490 e. The fourth-order valence-corrected chi connectivity index (χ4v) is 3.81. The fourth-order valence-electron chi connectivity index (χ4n) is 2.76. The SMILES string of the molecule is CCOc1cc(/C=C(/C#N)C(=O)Nc2nnc(C)s2)cc(Cl)c1OCCOc1ccccc1Cl. The summed E-state index contributed by atoms with van der Waals surface area (Å²) in [5.74, 6) is 0.646. The van der Waals surface area contributed by atoms with Gasteiger partial charge in [0.1, 0.15) is 35.6 Å². The van der Waals surface area contributed by atoms with Crippen molar-refractivity contribution in [2.45, 2.75) is 13.8 Å². The van der Waals surface area contributed by atoms with Crippen LogP contribution >= 0.6 is 34.5 Å². The molecule has 0 bridgehead atoms. The second kappa shape index (κ2) is 12.2. The summed E-state index contributed by atoms with van der Waals surface area (Å²) in [6, 6.07) is 12.2. The average molecular weight is 519 g/mol. The number of nitrogens with one attached hydrogen (secondary N) is 1. The van der Waals surface area contributed by atoms with Crippen LogP contribution in [0.5, 0.6) is 17.2 Å². The first-order valence-electron chi connectivity index (χ1n) is 10.1. The highest BCUT2D eigenvalue weighted by Crippen LogP contribution is 2.37. The van der Waals surface area contributed by atoms with Crippen LogP contribution in [0.25, 0.3) is 6.08 Å². The summed E-state index contributed by atoms with van der Waals surface area (Å²) in [5.41, 5.74) is 0.362. The first-order chi connectivity index (χ1) is 16.4. The van der Waals surface area contributed by atoms with Crippen LogP contribution in [0.4, 0.5) is 5.13 Å². The van der Waals surface area contributed by atoms with Crippen LogP contribution in [0, 0.1) is 18.3 Å². The minimum absolute atomic E-state index is 0.131. The van der Waals surface area contributed by atoms with E-state index < -0.39 is 5.91 Å². The number of aryl methyl sites for hydroxylation is 1. The molecule has 1 heterocycles. The number of ether oxygens (including phenoxy) is 3. The Morgan fingerprint density at radius 1 is 1.12 bits per heavy atom. The molecule has 176 valence electrons. The number of nitriles is 1. The zero-order chi connectivity index (χ0) is 24.5. The second-order valence-corrected chi connectivity index (χ2v) is 8.64. The maximum atomic E-state index is 12.5. The van der Waals surface area contributed by atoms with E-state index in [9.17, 15) is 10.1 Å². The highest BCUT2D eigenvalue weighted by atomic mass is 35.5. The lowest BCUT2D eigenvalue weighted by atomic mass is 10.1. The highest BCUT2D eigenvalue weighted by Gasteiger charge is 2.16. The number of para-hydroxylation sites is 1. The first kappa shape index (κ1) is 25.3. The van der Waals surface area contributed by atoms with Crippen molar-refractivity contribution < 1.29 is 19.0 Å². The molecule has 1 aromatic heterocycles. The summed E-state index contributed by atoms with van der Waals surface area (Å²) in [5, 5.41) is 21.4. The standard InChI is InChI=1S/C23H20Cl2N4O4S/c1-3-31-20-12-15(10-16(13-26)22(30)27-23-29-28-14(2)34-23)11-18(25)21(20)33-9-8-32-19-7-5-4-6-17(19)24/h4-7,10-12H,3,8-9H2,1-2H3,(H,27,29,30)/b16-10-. The van der Waals surface area contributed by atoms with E-state index in [1.54, 1.807) is 31.2 Å². The third-order valence-corrected chi connectivity index (χ3v) is 5.53. The molecular weight excluding hydrogens is 499 g/mol. The zero-order valence-corrected chi connectivity index (χ0v) is 20.6. The molecule has 0 fully saturated rings. The maximum Gasteiger partial charge on any atom is 0.268 e. The third-order valence-electron chi connectivity index (χ3n) is 4.18. The summed E-state index contributed by atoms with van der Waals surface area (Å²) in [6.45, 7) is 4.36. The molecule has 2 aromatic carbocycles. The van der Waals surface area contributed by atoms with Crippen molar-refractivity contribution in [3.8, 4) is 23.3 Å². The van der Waals surface area contributed by atoms with E-state index >= 15 is 0 Å². The Morgan fingerprint density at radius 3 is 2.56 bits per heavy atom. The molecule has 1 N–H and O–H groups in total. The molecule has 8 nitrogen and oxygen atoms in total. The molecule has 0 aliphatic carbocycles. The van der Waals surface area contributed by atoms with E-state index in [1.807, 2.05) is 25.1 Å². The Labute approximate surface area is 210 Å². The van der Waals surface area contributed by atoms with Gasteiger partial charge in [0.05, 0.1) is 16.7 Å². The van der Waals surface area contributed by atoms with Crippen molar-refractivity contribution in [1.82, 2.24) is 10.2 Å².